The van der Waals surface area contributed by atoms with E-state index in [1.165, 1.54) is 0 Å². The minimum atomic E-state index is -0.597. The van der Waals surface area contributed by atoms with Crippen molar-refractivity contribution in [2.45, 2.75) is 45.8 Å². The molecule has 0 spiro atoms. The molecule has 0 saturated heterocycles. The lowest BCUT2D eigenvalue weighted by molar-refractivity contribution is 0.0322. The predicted octanol–water partition coefficient (Wildman–Crippen LogP) is 2.73. The second-order valence-corrected chi connectivity index (χ2v) is 4.58. The first-order valence-electron chi connectivity index (χ1n) is 6.79. The number of rotatable bonds is 8. The number of aliphatic hydroxyl groups is 1. The van der Waals surface area contributed by atoms with Crippen molar-refractivity contribution in [3.63, 3.8) is 0 Å². The second-order valence-electron chi connectivity index (χ2n) is 4.58. The quantitative estimate of drug-likeness (QED) is 0.746. The highest BCUT2D eigenvalue weighted by atomic mass is 16.5. The van der Waals surface area contributed by atoms with E-state index >= 15 is 0 Å². The van der Waals surface area contributed by atoms with Gasteiger partial charge in [0.15, 0.2) is 0 Å². The van der Waals surface area contributed by atoms with Crippen LogP contribution in [0.4, 0.5) is 0 Å². The van der Waals surface area contributed by atoms with Crippen LogP contribution >= 0.6 is 0 Å². The fraction of sp³-hybridized carbons (Fsp3) is 0.600. The molecule has 0 heterocycles. The Balaban J connectivity index is 2.53. The fourth-order valence-corrected chi connectivity index (χ4v) is 1.88. The van der Waals surface area contributed by atoms with Gasteiger partial charge in [0, 0.05) is 18.7 Å². The van der Waals surface area contributed by atoms with Gasteiger partial charge in [-0.2, -0.15) is 0 Å². The molecule has 2 N–H and O–H groups in total. The molecule has 3 nitrogen and oxygen atoms in total. The third kappa shape index (κ3) is 4.31. The van der Waals surface area contributed by atoms with Crippen molar-refractivity contribution in [1.82, 2.24) is 5.32 Å². The molecule has 1 rings (SSSR count). The van der Waals surface area contributed by atoms with Crippen LogP contribution < -0.4 is 10.1 Å². The lowest BCUT2D eigenvalue weighted by Crippen LogP contribution is -2.39. The summed E-state index contributed by atoms with van der Waals surface area (Å²) >= 11 is 0. The Hall–Kier alpha value is -1.06. The van der Waals surface area contributed by atoms with Crippen molar-refractivity contribution < 1.29 is 9.84 Å². The van der Waals surface area contributed by atoms with Gasteiger partial charge in [-0.15, -0.1) is 0 Å². The van der Waals surface area contributed by atoms with Gasteiger partial charge in [-0.25, -0.2) is 0 Å². The van der Waals surface area contributed by atoms with Crippen LogP contribution in [0.3, 0.4) is 0 Å². The Bertz CT molecular complexity index is 348. The molecule has 1 aromatic rings. The molecule has 0 amide bonds. The van der Waals surface area contributed by atoms with Crippen LogP contribution in [0.15, 0.2) is 24.3 Å². The Morgan fingerprint density at radius 3 is 2.44 bits per heavy atom. The minimum Gasteiger partial charge on any atom is -0.494 e. The van der Waals surface area contributed by atoms with E-state index in [9.17, 15) is 5.11 Å². The van der Waals surface area contributed by atoms with Gasteiger partial charge in [0.2, 0.25) is 0 Å². The summed E-state index contributed by atoms with van der Waals surface area (Å²) in [6.07, 6.45) is 1.53. The summed E-state index contributed by atoms with van der Waals surface area (Å²) in [6.45, 7) is 8.01. The van der Waals surface area contributed by atoms with Crippen LogP contribution in [0.2, 0.25) is 0 Å². The van der Waals surface area contributed by atoms with Crippen LogP contribution in [0.1, 0.15) is 39.2 Å². The molecule has 18 heavy (non-hydrogen) atoms. The molecular weight excluding hydrogens is 226 g/mol. The van der Waals surface area contributed by atoms with Crippen molar-refractivity contribution in [3.8, 4) is 5.75 Å². The molecule has 0 aliphatic carbocycles. The largest absolute Gasteiger partial charge is 0.494 e. The lowest BCUT2D eigenvalue weighted by Gasteiger charge is -2.25. The SMILES string of the molecule is CCOc1ccccc1CNCC(O)(CC)CC. The van der Waals surface area contributed by atoms with Gasteiger partial charge < -0.3 is 15.2 Å². The van der Waals surface area contributed by atoms with Gasteiger partial charge >= 0.3 is 0 Å². The van der Waals surface area contributed by atoms with E-state index in [0.29, 0.717) is 13.2 Å². The average Bonchev–Trinajstić information content (AvgIpc) is 2.41. The molecular formula is C15H25NO2. The molecule has 1 aromatic carbocycles. The topological polar surface area (TPSA) is 41.5 Å². The highest BCUT2D eigenvalue weighted by molar-refractivity contribution is 5.33. The third-order valence-electron chi connectivity index (χ3n) is 3.36. The zero-order valence-electron chi connectivity index (χ0n) is 11.7. The number of para-hydroxylation sites is 1. The molecule has 0 fully saturated rings. The average molecular weight is 251 g/mol. The zero-order chi connectivity index (χ0) is 13.4. The monoisotopic (exact) mass is 251 g/mol. The number of hydrogen-bond donors (Lipinski definition) is 2. The molecule has 0 atom stereocenters. The summed E-state index contributed by atoms with van der Waals surface area (Å²) in [5, 5.41) is 13.5. The molecule has 0 saturated carbocycles. The Kier molecular flexibility index (Phi) is 6.16. The van der Waals surface area contributed by atoms with Gasteiger partial charge in [0.25, 0.3) is 0 Å². The molecule has 3 heteroatoms. The van der Waals surface area contributed by atoms with Crippen molar-refractivity contribution in [2.75, 3.05) is 13.2 Å². The summed E-state index contributed by atoms with van der Waals surface area (Å²) in [5.74, 6) is 0.920. The highest BCUT2D eigenvalue weighted by Gasteiger charge is 2.21. The third-order valence-corrected chi connectivity index (χ3v) is 3.36. The minimum absolute atomic E-state index is 0.597. The van der Waals surface area contributed by atoms with Crippen molar-refractivity contribution in [3.05, 3.63) is 29.8 Å². The number of hydrogen-bond acceptors (Lipinski definition) is 3. The van der Waals surface area contributed by atoms with E-state index in [1.807, 2.05) is 39.0 Å². The Morgan fingerprint density at radius 1 is 1.17 bits per heavy atom. The van der Waals surface area contributed by atoms with Crippen LogP contribution in [0, 0.1) is 0 Å². The molecule has 0 aromatic heterocycles. The molecule has 0 aliphatic heterocycles. The van der Waals surface area contributed by atoms with Gasteiger partial charge in [0.05, 0.1) is 12.2 Å². The fourth-order valence-electron chi connectivity index (χ4n) is 1.88. The maximum absolute atomic E-state index is 10.2. The summed E-state index contributed by atoms with van der Waals surface area (Å²) in [5.41, 5.74) is 0.537. The lowest BCUT2D eigenvalue weighted by atomic mass is 9.97. The molecule has 0 aliphatic rings. The van der Waals surface area contributed by atoms with Crippen molar-refractivity contribution in [2.24, 2.45) is 0 Å². The van der Waals surface area contributed by atoms with Crippen LogP contribution in [0.25, 0.3) is 0 Å². The van der Waals surface area contributed by atoms with E-state index in [4.69, 9.17) is 4.74 Å². The van der Waals surface area contributed by atoms with Crippen LogP contribution in [-0.4, -0.2) is 23.9 Å². The molecule has 102 valence electrons. The first-order chi connectivity index (χ1) is 8.65. The van der Waals surface area contributed by atoms with Gasteiger partial charge in [-0.05, 0) is 25.8 Å². The summed E-state index contributed by atoms with van der Waals surface area (Å²) in [6, 6.07) is 8.01. The van der Waals surface area contributed by atoms with Gasteiger partial charge in [-0.3, -0.25) is 0 Å². The first-order valence-corrected chi connectivity index (χ1v) is 6.79. The van der Waals surface area contributed by atoms with Crippen molar-refractivity contribution >= 4 is 0 Å². The summed E-state index contributed by atoms with van der Waals surface area (Å²) < 4.78 is 5.57. The Labute approximate surface area is 110 Å². The normalized spacial score (nSPS) is 11.6. The van der Waals surface area contributed by atoms with E-state index in [1.54, 1.807) is 0 Å². The second kappa shape index (κ2) is 7.39. The number of benzene rings is 1. The Morgan fingerprint density at radius 2 is 1.83 bits per heavy atom. The highest BCUT2D eigenvalue weighted by Crippen LogP contribution is 2.18. The summed E-state index contributed by atoms with van der Waals surface area (Å²) in [4.78, 5) is 0. The molecule has 0 radical (unpaired) electrons. The maximum Gasteiger partial charge on any atom is 0.123 e. The maximum atomic E-state index is 10.2. The van der Waals surface area contributed by atoms with Crippen LogP contribution in [0.5, 0.6) is 5.75 Å². The standard InChI is InChI=1S/C15H25NO2/c1-4-15(17,5-2)12-16-11-13-9-7-8-10-14(13)18-6-3/h7-10,16-17H,4-6,11-12H2,1-3H3. The van der Waals surface area contributed by atoms with Crippen LogP contribution in [-0.2, 0) is 6.54 Å². The van der Waals surface area contributed by atoms with E-state index < -0.39 is 5.60 Å². The smallest absolute Gasteiger partial charge is 0.123 e. The zero-order valence-corrected chi connectivity index (χ0v) is 11.7. The van der Waals surface area contributed by atoms with E-state index in [0.717, 1.165) is 30.7 Å². The van der Waals surface area contributed by atoms with E-state index in [2.05, 4.69) is 11.4 Å². The van der Waals surface area contributed by atoms with Crippen molar-refractivity contribution in [1.29, 1.82) is 0 Å². The van der Waals surface area contributed by atoms with Gasteiger partial charge in [-0.1, -0.05) is 32.0 Å². The first kappa shape index (κ1) is 15.0. The number of ether oxygens (including phenoxy) is 1. The summed E-state index contributed by atoms with van der Waals surface area (Å²) in [7, 11) is 0. The van der Waals surface area contributed by atoms with E-state index in [-0.39, 0.29) is 0 Å². The number of nitrogens with one attached hydrogen (secondary N) is 1. The molecule has 0 unspecified atom stereocenters. The predicted molar refractivity (Wildman–Crippen MR) is 74.8 cm³/mol. The van der Waals surface area contributed by atoms with Gasteiger partial charge in [0.1, 0.15) is 5.75 Å². The molecule has 0 bridgehead atoms.